The number of benzene rings is 3. The number of nitrogens with zero attached hydrogens (tertiary/aromatic N) is 1. The number of fused-ring (bicyclic) bond motifs is 2. The van der Waals surface area contributed by atoms with E-state index in [0.29, 0.717) is 19.8 Å². The molecule has 3 heterocycles. The van der Waals surface area contributed by atoms with Crippen LogP contribution in [0.25, 0.3) is 11.1 Å². The first-order valence-corrected chi connectivity index (χ1v) is 14.5. The molecule has 0 unspecified atom stereocenters. The zero-order valence-corrected chi connectivity index (χ0v) is 24.0. The second-order valence-corrected chi connectivity index (χ2v) is 11.0. The quantitative estimate of drug-likeness (QED) is 0.268. The molecule has 0 amide bonds. The van der Waals surface area contributed by atoms with Crippen LogP contribution >= 0.6 is 0 Å². The molecule has 0 radical (unpaired) electrons. The predicted octanol–water partition coefficient (Wildman–Crippen LogP) is 5.61. The Labute approximate surface area is 241 Å². The minimum Gasteiger partial charge on any atom is -0.494 e. The van der Waals surface area contributed by atoms with Crippen molar-refractivity contribution >= 4 is 11.7 Å². The Hall–Kier alpha value is -3.75. The monoisotopic (exact) mass is 558 g/mol. The Bertz CT molecular complexity index is 1390. The Balaban J connectivity index is 1.14. The predicted molar refractivity (Wildman–Crippen MR) is 157 cm³/mol. The van der Waals surface area contributed by atoms with Crippen LogP contribution in [0.5, 0.6) is 17.2 Å². The van der Waals surface area contributed by atoms with Crippen molar-refractivity contribution in [3.8, 4) is 28.4 Å². The van der Waals surface area contributed by atoms with E-state index < -0.39 is 0 Å². The van der Waals surface area contributed by atoms with E-state index in [-0.39, 0.29) is 18.1 Å². The molecule has 41 heavy (non-hydrogen) atoms. The normalized spacial score (nSPS) is 19.6. The second-order valence-electron chi connectivity index (χ2n) is 11.0. The Morgan fingerprint density at radius 2 is 1.80 bits per heavy atom. The zero-order valence-electron chi connectivity index (χ0n) is 24.0. The van der Waals surface area contributed by atoms with E-state index in [1.165, 1.54) is 23.6 Å². The van der Waals surface area contributed by atoms with Crippen molar-refractivity contribution < 1.29 is 28.5 Å². The number of esters is 1. The number of rotatable bonds is 9. The summed E-state index contributed by atoms with van der Waals surface area (Å²) in [6.07, 6.45) is 0.644. The molecule has 6 rings (SSSR count). The van der Waals surface area contributed by atoms with Crippen LogP contribution < -0.4 is 19.5 Å². The maximum Gasteiger partial charge on any atom is 0.303 e. The summed E-state index contributed by atoms with van der Waals surface area (Å²) < 4.78 is 29.0. The van der Waals surface area contributed by atoms with E-state index in [0.717, 1.165) is 78.9 Å². The largest absolute Gasteiger partial charge is 0.494 e. The minimum atomic E-state index is -0.354. The molecule has 216 valence electrons. The van der Waals surface area contributed by atoms with Gasteiger partial charge in [0.2, 0.25) is 0 Å². The topological polar surface area (TPSA) is 78.5 Å². The van der Waals surface area contributed by atoms with Gasteiger partial charge in [0, 0.05) is 55.0 Å². The van der Waals surface area contributed by atoms with Gasteiger partial charge in [0.25, 0.3) is 0 Å². The summed E-state index contributed by atoms with van der Waals surface area (Å²) >= 11 is 0. The number of anilines is 1. The Morgan fingerprint density at radius 1 is 1.00 bits per heavy atom. The van der Waals surface area contributed by atoms with Crippen LogP contribution in [0, 0.1) is 13.8 Å². The maximum atomic E-state index is 11.4. The van der Waals surface area contributed by atoms with Gasteiger partial charge in [0.05, 0.1) is 25.9 Å². The van der Waals surface area contributed by atoms with Crippen LogP contribution in [-0.2, 0) is 14.3 Å². The summed E-state index contributed by atoms with van der Waals surface area (Å²) in [6.45, 7) is 12.0. The van der Waals surface area contributed by atoms with Crippen molar-refractivity contribution in [3.05, 3.63) is 70.8 Å². The molecule has 3 aromatic carbocycles. The summed E-state index contributed by atoms with van der Waals surface area (Å²) in [6, 6.07) is 16.6. The van der Waals surface area contributed by atoms with Gasteiger partial charge < -0.3 is 29.0 Å². The van der Waals surface area contributed by atoms with Crippen molar-refractivity contribution in [3.63, 3.8) is 0 Å². The van der Waals surface area contributed by atoms with Gasteiger partial charge in [-0.2, -0.15) is 0 Å². The highest BCUT2D eigenvalue weighted by Gasteiger charge is 2.30. The molecule has 0 bridgehead atoms. The second kappa shape index (κ2) is 12.0. The third kappa shape index (κ3) is 5.99. The average molecular weight is 559 g/mol. The lowest BCUT2D eigenvalue weighted by atomic mass is 9.92. The number of hydrogen-bond donors (Lipinski definition) is 1. The molecular weight excluding hydrogens is 520 g/mol. The fourth-order valence-corrected chi connectivity index (χ4v) is 6.07. The smallest absolute Gasteiger partial charge is 0.303 e. The van der Waals surface area contributed by atoms with Gasteiger partial charge in [-0.15, -0.1) is 0 Å². The molecule has 3 aromatic rings. The Morgan fingerprint density at radius 3 is 2.59 bits per heavy atom. The summed E-state index contributed by atoms with van der Waals surface area (Å²) in [5, 5.41) is 3.61. The van der Waals surface area contributed by atoms with Gasteiger partial charge in [-0.3, -0.25) is 9.69 Å². The van der Waals surface area contributed by atoms with Crippen molar-refractivity contribution in [2.24, 2.45) is 0 Å². The highest BCUT2D eigenvalue weighted by molar-refractivity contribution is 5.79. The molecular formula is C33H38N2O6. The number of aryl methyl sites for hydroxylation is 2. The highest BCUT2D eigenvalue weighted by Crippen LogP contribution is 2.45. The van der Waals surface area contributed by atoms with Crippen molar-refractivity contribution in [2.45, 2.75) is 39.3 Å². The van der Waals surface area contributed by atoms with Crippen LogP contribution in [0.3, 0.4) is 0 Å². The lowest BCUT2D eigenvalue weighted by molar-refractivity contribution is -0.147. The van der Waals surface area contributed by atoms with Crippen LogP contribution in [0.15, 0.2) is 48.5 Å². The first kappa shape index (κ1) is 27.4. The number of ether oxygens (including phenoxy) is 5. The van der Waals surface area contributed by atoms with E-state index in [1.54, 1.807) is 0 Å². The van der Waals surface area contributed by atoms with Crippen LogP contribution in [-0.4, -0.2) is 63.5 Å². The van der Waals surface area contributed by atoms with E-state index in [9.17, 15) is 4.79 Å². The van der Waals surface area contributed by atoms with Crippen LogP contribution in [0.1, 0.15) is 47.7 Å². The fourth-order valence-electron chi connectivity index (χ4n) is 6.07. The van der Waals surface area contributed by atoms with Gasteiger partial charge in [-0.25, -0.2) is 0 Å². The zero-order chi connectivity index (χ0) is 28.3. The minimum absolute atomic E-state index is 0.00311. The van der Waals surface area contributed by atoms with Crippen molar-refractivity contribution in [1.29, 1.82) is 0 Å². The standard InChI is InChI=1S/C33H38N2O6/c1-21-16-25(38-13-5-10-35-11-14-37-15-12-35)17-22(2)32(21)28-7-4-6-26-29(19-40-33(26)28)34-24-8-9-27-30(18-24)39-20-31(27)41-23(3)36/h4,6-9,16-18,29,31,34H,5,10-15,19-20H2,1-3H3/t29-,31-/m1/s1. The van der Waals surface area contributed by atoms with Gasteiger partial charge in [0.15, 0.2) is 6.10 Å². The third-order valence-corrected chi connectivity index (χ3v) is 7.98. The van der Waals surface area contributed by atoms with Gasteiger partial charge >= 0.3 is 5.97 Å². The Kier molecular flexibility index (Phi) is 8.03. The number of para-hydroxylation sites is 1. The highest BCUT2D eigenvalue weighted by atomic mass is 16.6. The summed E-state index contributed by atoms with van der Waals surface area (Å²) in [5.74, 6) is 2.26. The number of hydrogen-bond acceptors (Lipinski definition) is 8. The molecule has 8 nitrogen and oxygen atoms in total. The SMILES string of the molecule is CC(=O)O[C@@H]1COc2cc(N[C@@H]3COc4c(-c5c(C)cc(OCCCN6CCOCC6)cc5C)cccc43)ccc21. The van der Waals surface area contributed by atoms with Gasteiger partial charge in [-0.1, -0.05) is 18.2 Å². The summed E-state index contributed by atoms with van der Waals surface area (Å²) in [4.78, 5) is 13.8. The van der Waals surface area contributed by atoms with Crippen molar-refractivity contribution in [1.82, 2.24) is 4.90 Å². The van der Waals surface area contributed by atoms with E-state index in [4.69, 9.17) is 23.7 Å². The van der Waals surface area contributed by atoms with E-state index in [2.05, 4.69) is 54.4 Å². The molecule has 2 atom stereocenters. The molecule has 1 N–H and O–H groups in total. The number of carbonyl (C=O) groups excluding carboxylic acids is 1. The van der Waals surface area contributed by atoms with Gasteiger partial charge in [0.1, 0.15) is 30.5 Å². The van der Waals surface area contributed by atoms with Crippen molar-refractivity contribution in [2.75, 3.05) is 58.0 Å². The lowest BCUT2D eigenvalue weighted by Gasteiger charge is -2.26. The van der Waals surface area contributed by atoms with Crippen LogP contribution in [0.2, 0.25) is 0 Å². The average Bonchev–Trinajstić information content (AvgIpc) is 3.55. The molecule has 1 saturated heterocycles. The van der Waals surface area contributed by atoms with Crippen LogP contribution in [0.4, 0.5) is 5.69 Å². The first-order chi connectivity index (χ1) is 20.0. The number of nitrogens with one attached hydrogen (secondary N) is 1. The molecule has 3 aliphatic heterocycles. The maximum absolute atomic E-state index is 11.4. The molecule has 0 spiro atoms. The van der Waals surface area contributed by atoms with E-state index >= 15 is 0 Å². The third-order valence-electron chi connectivity index (χ3n) is 7.98. The number of carbonyl (C=O) groups is 1. The molecule has 8 heteroatoms. The fraction of sp³-hybridized carbons (Fsp3) is 0.424. The molecule has 0 aliphatic carbocycles. The molecule has 0 saturated carbocycles. The lowest BCUT2D eigenvalue weighted by Crippen LogP contribution is -2.37. The summed E-state index contributed by atoms with van der Waals surface area (Å²) in [5.41, 5.74) is 7.57. The molecule has 1 fully saturated rings. The van der Waals surface area contributed by atoms with Gasteiger partial charge in [-0.05, 0) is 61.2 Å². The van der Waals surface area contributed by atoms with E-state index in [1.807, 2.05) is 18.2 Å². The molecule has 0 aromatic heterocycles. The first-order valence-electron chi connectivity index (χ1n) is 14.5. The summed E-state index contributed by atoms with van der Waals surface area (Å²) in [7, 11) is 0. The number of morpholine rings is 1. The molecule has 3 aliphatic rings.